The highest BCUT2D eigenvalue weighted by atomic mass is 16.5. The summed E-state index contributed by atoms with van der Waals surface area (Å²) < 4.78 is 5.59. The summed E-state index contributed by atoms with van der Waals surface area (Å²) in [5.74, 6) is 0.746. The van der Waals surface area contributed by atoms with Crippen LogP contribution in [0.4, 0.5) is 0 Å². The Hall–Kier alpha value is -2.86. The zero-order valence-corrected chi connectivity index (χ0v) is 16.0. The lowest BCUT2D eigenvalue weighted by molar-refractivity contribution is 0.391. The van der Waals surface area contributed by atoms with Crippen LogP contribution in [-0.4, -0.2) is 12.1 Å². The van der Waals surface area contributed by atoms with Crippen LogP contribution in [0.2, 0.25) is 0 Å². The Morgan fingerprint density at radius 2 is 1.81 bits per heavy atom. The molecule has 27 heavy (non-hydrogen) atoms. The number of nitrogens with zero attached hydrogens (tertiary/aromatic N) is 2. The van der Waals surface area contributed by atoms with Crippen LogP contribution in [-0.2, 0) is 24.7 Å². The summed E-state index contributed by atoms with van der Waals surface area (Å²) in [7, 11) is 1.70. The maximum absolute atomic E-state index is 9.97. The molecule has 0 aliphatic heterocycles. The lowest BCUT2D eigenvalue weighted by atomic mass is 9.78. The fourth-order valence-corrected chi connectivity index (χ4v) is 4.22. The van der Waals surface area contributed by atoms with E-state index in [4.69, 9.17) is 9.72 Å². The van der Waals surface area contributed by atoms with Gasteiger partial charge in [-0.3, -0.25) is 0 Å². The van der Waals surface area contributed by atoms with Gasteiger partial charge in [-0.05, 0) is 61.8 Å². The van der Waals surface area contributed by atoms with Gasteiger partial charge in [-0.2, -0.15) is 5.26 Å². The summed E-state index contributed by atoms with van der Waals surface area (Å²) in [5.41, 5.74) is 5.14. The third-order valence-corrected chi connectivity index (χ3v) is 5.75. The van der Waals surface area contributed by atoms with Crippen molar-refractivity contribution in [1.29, 1.82) is 5.26 Å². The van der Waals surface area contributed by atoms with Gasteiger partial charge in [0.05, 0.1) is 24.1 Å². The normalized spacial score (nSPS) is 15.6. The minimum absolute atomic E-state index is 0.597. The van der Waals surface area contributed by atoms with Gasteiger partial charge in [-0.25, -0.2) is 4.98 Å². The van der Waals surface area contributed by atoms with E-state index in [1.54, 1.807) is 7.11 Å². The monoisotopic (exact) mass is 356 g/mol. The third kappa shape index (κ3) is 3.17. The molecule has 136 valence electrons. The minimum atomic E-state index is -0.597. The predicted molar refractivity (Wildman–Crippen MR) is 108 cm³/mol. The van der Waals surface area contributed by atoms with Gasteiger partial charge in [0.2, 0.25) is 5.88 Å². The van der Waals surface area contributed by atoms with Gasteiger partial charge in [0, 0.05) is 10.9 Å². The molecule has 1 heterocycles. The Bertz CT molecular complexity index is 1020. The van der Waals surface area contributed by atoms with Gasteiger partial charge < -0.3 is 4.74 Å². The van der Waals surface area contributed by atoms with E-state index in [9.17, 15) is 5.26 Å². The van der Waals surface area contributed by atoms with E-state index in [1.165, 1.54) is 29.4 Å². The highest BCUT2D eigenvalue weighted by molar-refractivity contribution is 5.85. The minimum Gasteiger partial charge on any atom is -0.481 e. The number of methoxy groups -OCH3 is 1. The number of rotatable bonds is 4. The zero-order valence-electron chi connectivity index (χ0n) is 16.0. The maximum atomic E-state index is 9.97. The lowest BCUT2D eigenvalue weighted by Gasteiger charge is -2.24. The number of nitriles is 1. The Morgan fingerprint density at radius 3 is 2.52 bits per heavy atom. The molecule has 0 saturated heterocycles. The fraction of sp³-hybridized carbons (Fsp3) is 0.333. The van der Waals surface area contributed by atoms with Gasteiger partial charge in [0.15, 0.2) is 0 Å². The summed E-state index contributed by atoms with van der Waals surface area (Å²) in [5, 5.41) is 11.2. The van der Waals surface area contributed by atoms with Gasteiger partial charge in [-0.15, -0.1) is 0 Å². The van der Waals surface area contributed by atoms with Crippen LogP contribution >= 0.6 is 0 Å². The molecule has 0 N–H and O–H groups in total. The molecule has 0 amide bonds. The molecule has 1 aromatic heterocycles. The number of hydrogen-bond acceptors (Lipinski definition) is 3. The molecule has 0 spiro atoms. The van der Waals surface area contributed by atoms with Crippen molar-refractivity contribution in [2.75, 3.05) is 7.11 Å². The third-order valence-electron chi connectivity index (χ3n) is 5.75. The van der Waals surface area contributed by atoms with Crippen molar-refractivity contribution >= 4 is 10.9 Å². The van der Waals surface area contributed by atoms with Crippen molar-refractivity contribution < 1.29 is 4.74 Å². The van der Waals surface area contributed by atoms with E-state index in [-0.39, 0.29) is 0 Å². The SMILES string of the molecule is COc1nc2cc([C@](C)(C#N)Cc3ccccc3)ccc2c2c1CCCC2. The second-order valence-electron chi connectivity index (χ2n) is 7.62. The van der Waals surface area contributed by atoms with Crippen molar-refractivity contribution in [3.05, 3.63) is 70.8 Å². The van der Waals surface area contributed by atoms with Gasteiger partial charge in [0.25, 0.3) is 0 Å². The Labute approximate surface area is 160 Å². The highest BCUT2D eigenvalue weighted by Crippen LogP contribution is 2.36. The molecule has 1 atom stereocenters. The Morgan fingerprint density at radius 1 is 1.07 bits per heavy atom. The fourth-order valence-electron chi connectivity index (χ4n) is 4.22. The quantitative estimate of drug-likeness (QED) is 0.650. The van der Waals surface area contributed by atoms with E-state index in [0.29, 0.717) is 6.42 Å². The van der Waals surface area contributed by atoms with Gasteiger partial charge >= 0.3 is 0 Å². The molecule has 0 bridgehead atoms. The molecule has 0 fully saturated rings. The van der Waals surface area contributed by atoms with Crippen molar-refractivity contribution in [1.82, 2.24) is 4.98 Å². The number of pyridine rings is 1. The number of ether oxygens (including phenoxy) is 1. The van der Waals surface area contributed by atoms with Crippen LogP contribution in [0.15, 0.2) is 48.5 Å². The van der Waals surface area contributed by atoms with Crippen molar-refractivity contribution in [3.8, 4) is 11.9 Å². The van der Waals surface area contributed by atoms with Crippen molar-refractivity contribution in [2.24, 2.45) is 0 Å². The van der Waals surface area contributed by atoms with Crippen LogP contribution < -0.4 is 4.74 Å². The van der Waals surface area contributed by atoms with Crippen molar-refractivity contribution in [3.63, 3.8) is 0 Å². The van der Waals surface area contributed by atoms with Crippen LogP contribution in [0.25, 0.3) is 10.9 Å². The molecule has 1 aliphatic rings. The molecule has 4 rings (SSSR count). The van der Waals surface area contributed by atoms with E-state index in [0.717, 1.165) is 35.4 Å². The molecule has 3 nitrogen and oxygen atoms in total. The molecule has 0 radical (unpaired) electrons. The molecule has 3 heteroatoms. The van der Waals surface area contributed by atoms with Crippen LogP contribution in [0.3, 0.4) is 0 Å². The van der Waals surface area contributed by atoms with Gasteiger partial charge in [-0.1, -0.05) is 42.5 Å². The first-order valence-corrected chi connectivity index (χ1v) is 9.60. The first-order chi connectivity index (χ1) is 13.1. The van der Waals surface area contributed by atoms with E-state index in [2.05, 4.69) is 36.4 Å². The van der Waals surface area contributed by atoms with Crippen LogP contribution in [0.5, 0.6) is 5.88 Å². The first-order valence-electron chi connectivity index (χ1n) is 9.60. The summed E-state index contributed by atoms with van der Waals surface area (Å²) in [6.45, 7) is 2.01. The maximum Gasteiger partial charge on any atom is 0.217 e. The highest BCUT2D eigenvalue weighted by Gasteiger charge is 2.28. The summed E-state index contributed by atoms with van der Waals surface area (Å²) in [6.07, 6.45) is 5.19. The topological polar surface area (TPSA) is 45.9 Å². The van der Waals surface area contributed by atoms with Crippen molar-refractivity contribution in [2.45, 2.75) is 44.4 Å². The summed E-state index contributed by atoms with van der Waals surface area (Å²) in [6, 6.07) is 19.1. The average Bonchev–Trinajstić information content (AvgIpc) is 2.73. The average molecular weight is 356 g/mol. The second kappa shape index (κ2) is 7.04. The number of fused-ring (bicyclic) bond motifs is 3. The second-order valence-corrected chi connectivity index (χ2v) is 7.62. The Kier molecular flexibility index (Phi) is 4.58. The standard InChI is InChI=1S/C24H24N2O/c1-24(16-25,15-17-8-4-3-5-9-17)18-12-13-20-19-10-6-7-11-21(19)23(27-2)26-22(20)14-18/h3-5,8-9,12-14H,6-7,10-11,15H2,1-2H3/t24-/m0/s1. The van der Waals surface area contributed by atoms with Crippen LogP contribution in [0, 0.1) is 11.3 Å². The molecule has 1 aliphatic carbocycles. The molecular weight excluding hydrogens is 332 g/mol. The van der Waals surface area contributed by atoms with E-state index < -0.39 is 5.41 Å². The van der Waals surface area contributed by atoms with Gasteiger partial charge in [0.1, 0.15) is 0 Å². The molecular formula is C24H24N2O. The number of aryl methyl sites for hydroxylation is 1. The van der Waals surface area contributed by atoms with Crippen LogP contribution in [0.1, 0.15) is 42.0 Å². The predicted octanol–water partition coefficient (Wildman–Crippen LogP) is 5.15. The largest absolute Gasteiger partial charge is 0.481 e. The van der Waals surface area contributed by atoms with E-state index >= 15 is 0 Å². The number of aromatic nitrogens is 1. The number of hydrogen-bond donors (Lipinski definition) is 0. The molecule has 2 aromatic carbocycles. The van der Waals surface area contributed by atoms with E-state index in [1.807, 2.05) is 25.1 Å². The number of benzene rings is 2. The smallest absolute Gasteiger partial charge is 0.217 e. The first kappa shape index (κ1) is 17.5. The zero-order chi connectivity index (χ0) is 18.9. The summed E-state index contributed by atoms with van der Waals surface area (Å²) >= 11 is 0. The summed E-state index contributed by atoms with van der Waals surface area (Å²) in [4.78, 5) is 4.79. The molecule has 0 unspecified atom stereocenters. The molecule has 3 aromatic rings. The Balaban J connectivity index is 1.82. The molecule has 0 saturated carbocycles. The lowest BCUT2D eigenvalue weighted by Crippen LogP contribution is -2.23.